The molecule has 0 bridgehead atoms. The van der Waals surface area contributed by atoms with Crippen LogP contribution in [0.3, 0.4) is 0 Å². The smallest absolute Gasteiger partial charge is 0.224 e. The molecule has 0 radical (unpaired) electrons. The number of nitrogens with one attached hydrogen (secondary N) is 1. The van der Waals surface area contributed by atoms with E-state index in [1.54, 1.807) is 6.08 Å². The summed E-state index contributed by atoms with van der Waals surface area (Å²) in [6.07, 6.45) is 5.05. The molecular formula is C9H15NO. The molecule has 0 aromatic rings. The van der Waals surface area contributed by atoms with Crippen LogP contribution in [-0.4, -0.2) is 5.91 Å². The van der Waals surface area contributed by atoms with Gasteiger partial charge in [0.25, 0.3) is 0 Å². The first-order chi connectivity index (χ1) is 5.20. The van der Waals surface area contributed by atoms with E-state index in [4.69, 9.17) is 0 Å². The van der Waals surface area contributed by atoms with Crippen molar-refractivity contribution in [1.29, 1.82) is 0 Å². The Morgan fingerprint density at radius 3 is 2.73 bits per heavy atom. The standard InChI is InChI=1S/C9H15NO/c1-4-6-8(3)10-9(11)7-5-2/h4,6H,3,5,7H2,1-2H3,(H,10,11). The summed E-state index contributed by atoms with van der Waals surface area (Å²) < 4.78 is 0. The Bertz CT molecular complexity index is 170. The molecule has 0 aliphatic heterocycles. The van der Waals surface area contributed by atoms with Gasteiger partial charge in [0.1, 0.15) is 0 Å². The number of hydrogen-bond donors (Lipinski definition) is 1. The van der Waals surface area contributed by atoms with E-state index in [0.717, 1.165) is 6.42 Å². The van der Waals surface area contributed by atoms with Gasteiger partial charge in [0, 0.05) is 12.1 Å². The highest BCUT2D eigenvalue weighted by molar-refractivity contribution is 5.78. The van der Waals surface area contributed by atoms with Crippen molar-refractivity contribution in [3.05, 3.63) is 24.4 Å². The summed E-state index contributed by atoms with van der Waals surface area (Å²) in [7, 11) is 0. The molecule has 2 nitrogen and oxygen atoms in total. The highest BCUT2D eigenvalue weighted by Crippen LogP contribution is 1.91. The van der Waals surface area contributed by atoms with Gasteiger partial charge in [-0.25, -0.2) is 0 Å². The summed E-state index contributed by atoms with van der Waals surface area (Å²) in [5, 5.41) is 2.66. The van der Waals surface area contributed by atoms with Crippen LogP contribution in [0.1, 0.15) is 26.7 Å². The van der Waals surface area contributed by atoms with E-state index < -0.39 is 0 Å². The highest BCUT2D eigenvalue weighted by atomic mass is 16.1. The van der Waals surface area contributed by atoms with Crippen LogP contribution in [0.5, 0.6) is 0 Å². The van der Waals surface area contributed by atoms with Crippen molar-refractivity contribution < 1.29 is 4.79 Å². The SMILES string of the molecule is C=C(C=CC)NC(=O)CCC. The normalized spacial score (nSPS) is 10.0. The summed E-state index contributed by atoms with van der Waals surface area (Å²) in [5.41, 5.74) is 0.658. The minimum atomic E-state index is 0.0376. The third-order valence-corrected chi connectivity index (χ3v) is 1.14. The van der Waals surface area contributed by atoms with Crippen molar-refractivity contribution in [3.8, 4) is 0 Å². The van der Waals surface area contributed by atoms with Crippen LogP contribution < -0.4 is 5.32 Å². The lowest BCUT2D eigenvalue weighted by Crippen LogP contribution is -2.20. The summed E-state index contributed by atoms with van der Waals surface area (Å²) in [4.78, 5) is 10.9. The number of hydrogen-bond acceptors (Lipinski definition) is 1. The van der Waals surface area contributed by atoms with E-state index in [1.807, 2.05) is 19.9 Å². The first kappa shape index (κ1) is 9.95. The van der Waals surface area contributed by atoms with Crippen molar-refractivity contribution in [2.75, 3.05) is 0 Å². The maximum absolute atomic E-state index is 10.9. The van der Waals surface area contributed by atoms with Gasteiger partial charge in [-0.2, -0.15) is 0 Å². The molecule has 0 aliphatic rings. The molecule has 11 heavy (non-hydrogen) atoms. The molecule has 0 aliphatic carbocycles. The van der Waals surface area contributed by atoms with Crippen molar-refractivity contribution in [2.24, 2.45) is 0 Å². The number of carbonyl (C=O) groups is 1. The molecule has 0 aromatic carbocycles. The van der Waals surface area contributed by atoms with Crippen LogP contribution in [0, 0.1) is 0 Å². The molecule has 0 saturated heterocycles. The predicted octanol–water partition coefficient (Wildman–Crippen LogP) is 1.99. The lowest BCUT2D eigenvalue weighted by Gasteiger charge is -2.01. The van der Waals surface area contributed by atoms with Crippen molar-refractivity contribution >= 4 is 5.91 Å². The summed E-state index contributed by atoms with van der Waals surface area (Å²) >= 11 is 0. The molecule has 0 atom stereocenters. The van der Waals surface area contributed by atoms with Crippen LogP contribution in [0.15, 0.2) is 24.4 Å². The van der Waals surface area contributed by atoms with E-state index in [0.29, 0.717) is 12.1 Å². The van der Waals surface area contributed by atoms with Gasteiger partial charge in [-0.3, -0.25) is 4.79 Å². The van der Waals surface area contributed by atoms with Crippen molar-refractivity contribution in [2.45, 2.75) is 26.7 Å². The van der Waals surface area contributed by atoms with Crippen molar-refractivity contribution in [3.63, 3.8) is 0 Å². The van der Waals surface area contributed by atoms with Crippen LogP contribution in [0.4, 0.5) is 0 Å². The van der Waals surface area contributed by atoms with Gasteiger partial charge in [-0.1, -0.05) is 19.6 Å². The fraction of sp³-hybridized carbons (Fsp3) is 0.444. The van der Waals surface area contributed by atoms with Gasteiger partial charge >= 0.3 is 0 Å². The summed E-state index contributed by atoms with van der Waals surface area (Å²) in [6.45, 7) is 7.50. The lowest BCUT2D eigenvalue weighted by molar-refractivity contribution is -0.120. The quantitative estimate of drug-likeness (QED) is 0.615. The molecule has 1 amide bonds. The first-order valence-corrected chi connectivity index (χ1v) is 3.82. The van der Waals surface area contributed by atoms with Crippen LogP contribution >= 0.6 is 0 Å². The number of carbonyl (C=O) groups excluding carboxylic acids is 1. The highest BCUT2D eigenvalue weighted by Gasteiger charge is 1.97. The van der Waals surface area contributed by atoms with Gasteiger partial charge in [0.05, 0.1) is 0 Å². The third kappa shape index (κ3) is 5.40. The van der Waals surface area contributed by atoms with Crippen molar-refractivity contribution in [1.82, 2.24) is 5.32 Å². The maximum atomic E-state index is 10.9. The molecule has 0 rings (SSSR count). The molecular weight excluding hydrogens is 138 g/mol. The van der Waals surface area contributed by atoms with Gasteiger partial charge < -0.3 is 5.32 Å². The Balaban J connectivity index is 3.66. The Morgan fingerprint density at radius 1 is 1.64 bits per heavy atom. The molecule has 62 valence electrons. The van der Waals surface area contributed by atoms with Gasteiger partial charge in [-0.05, 0) is 19.4 Å². The second kappa shape index (κ2) is 5.71. The molecule has 0 spiro atoms. The third-order valence-electron chi connectivity index (χ3n) is 1.14. The number of allylic oxidation sites excluding steroid dienone is 2. The second-order valence-corrected chi connectivity index (χ2v) is 2.32. The van der Waals surface area contributed by atoms with E-state index in [-0.39, 0.29) is 5.91 Å². The Labute approximate surface area is 68.0 Å². The summed E-state index contributed by atoms with van der Waals surface area (Å²) in [6, 6.07) is 0. The Hall–Kier alpha value is -1.05. The molecule has 1 N–H and O–H groups in total. The average molecular weight is 153 g/mol. The zero-order valence-corrected chi connectivity index (χ0v) is 7.18. The number of amides is 1. The van der Waals surface area contributed by atoms with E-state index in [9.17, 15) is 4.79 Å². The maximum Gasteiger partial charge on any atom is 0.224 e. The van der Waals surface area contributed by atoms with E-state index in [2.05, 4.69) is 11.9 Å². The predicted molar refractivity (Wildman–Crippen MR) is 47.0 cm³/mol. The second-order valence-electron chi connectivity index (χ2n) is 2.32. The van der Waals surface area contributed by atoms with Gasteiger partial charge in [0.2, 0.25) is 5.91 Å². The van der Waals surface area contributed by atoms with Crippen LogP contribution in [0.25, 0.3) is 0 Å². The minimum absolute atomic E-state index is 0.0376. The van der Waals surface area contributed by atoms with Crippen LogP contribution in [-0.2, 0) is 4.79 Å². The zero-order chi connectivity index (χ0) is 8.69. The number of rotatable bonds is 4. The molecule has 0 saturated carbocycles. The largest absolute Gasteiger partial charge is 0.327 e. The topological polar surface area (TPSA) is 29.1 Å². The first-order valence-electron chi connectivity index (χ1n) is 3.82. The fourth-order valence-corrected chi connectivity index (χ4v) is 0.711. The molecule has 2 heteroatoms. The molecule has 0 aromatic heterocycles. The molecule has 0 fully saturated rings. The van der Waals surface area contributed by atoms with Crippen LogP contribution in [0.2, 0.25) is 0 Å². The Kier molecular flexibility index (Phi) is 5.17. The average Bonchev–Trinajstić information content (AvgIpc) is 1.87. The van der Waals surface area contributed by atoms with Gasteiger partial charge in [-0.15, -0.1) is 0 Å². The van der Waals surface area contributed by atoms with Gasteiger partial charge in [0.15, 0.2) is 0 Å². The zero-order valence-electron chi connectivity index (χ0n) is 7.18. The monoisotopic (exact) mass is 153 g/mol. The van der Waals surface area contributed by atoms with E-state index >= 15 is 0 Å². The summed E-state index contributed by atoms with van der Waals surface area (Å²) in [5.74, 6) is 0.0376. The molecule has 0 heterocycles. The fourth-order valence-electron chi connectivity index (χ4n) is 0.711. The minimum Gasteiger partial charge on any atom is -0.327 e. The molecule has 0 unspecified atom stereocenters. The van der Waals surface area contributed by atoms with E-state index in [1.165, 1.54) is 0 Å². The Morgan fingerprint density at radius 2 is 2.27 bits per heavy atom. The lowest BCUT2D eigenvalue weighted by atomic mass is 10.3.